The highest BCUT2D eigenvalue weighted by Gasteiger charge is 2.29. The smallest absolute Gasteiger partial charge is 0.263 e. The second kappa shape index (κ2) is 9.20. The summed E-state index contributed by atoms with van der Waals surface area (Å²) in [7, 11) is -2.18. The molecule has 2 rings (SSSR count). The van der Waals surface area contributed by atoms with Gasteiger partial charge < -0.3 is 4.74 Å². The van der Waals surface area contributed by atoms with Crippen molar-refractivity contribution in [2.45, 2.75) is 19.9 Å². The van der Waals surface area contributed by atoms with E-state index in [9.17, 15) is 13.2 Å². The van der Waals surface area contributed by atoms with Crippen LogP contribution in [0, 0.1) is 0 Å². The molecule has 0 saturated carbocycles. The minimum Gasteiger partial charge on any atom is -0.497 e. The number of nitrogens with one attached hydrogen (secondary N) is 1. The van der Waals surface area contributed by atoms with Crippen molar-refractivity contribution in [3.63, 3.8) is 0 Å². The molecule has 0 fully saturated rings. The lowest BCUT2D eigenvalue weighted by Crippen LogP contribution is -2.46. The normalized spacial score (nSPS) is 13.0. The fourth-order valence-electron chi connectivity index (χ4n) is 2.55. The van der Waals surface area contributed by atoms with Crippen LogP contribution in [0.1, 0.15) is 19.4 Å². The van der Waals surface area contributed by atoms with Gasteiger partial charge in [-0.25, -0.2) is 13.8 Å². The number of hydrazone groups is 1. The molecule has 0 aliphatic rings. The van der Waals surface area contributed by atoms with Crippen LogP contribution in [0.15, 0.2) is 58.1 Å². The standard InChI is InChI=1S/C19H22BrN3O4S/c1-13(15-6-5-7-16(20)12-15)21-22-19(24)14(2)23(28(4,25)26)17-8-10-18(27-3)11-9-17/h5-12,14H,1-4H3,(H,22,24)/b21-13-/t14-/m0/s1. The van der Waals surface area contributed by atoms with E-state index in [-0.39, 0.29) is 0 Å². The third-order valence-corrected chi connectivity index (χ3v) is 5.73. The summed E-state index contributed by atoms with van der Waals surface area (Å²) in [6.07, 6.45) is 1.05. The number of benzene rings is 2. The molecule has 28 heavy (non-hydrogen) atoms. The minimum atomic E-state index is -3.70. The molecule has 0 saturated heterocycles. The summed E-state index contributed by atoms with van der Waals surface area (Å²) in [5.74, 6) is 0.0409. The molecular weight excluding hydrogens is 446 g/mol. The number of nitrogens with zero attached hydrogens (tertiary/aromatic N) is 2. The van der Waals surface area contributed by atoms with E-state index < -0.39 is 22.0 Å². The third kappa shape index (κ3) is 5.56. The molecule has 7 nitrogen and oxygen atoms in total. The van der Waals surface area contributed by atoms with E-state index in [0.29, 0.717) is 17.1 Å². The van der Waals surface area contributed by atoms with Gasteiger partial charge in [-0.05, 0) is 55.8 Å². The van der Waals surface area contributed by atoms with Gasteiger partial charge in [0.25, 0.3) is 5.91 Å². The van der Waals surface area contributed by atoms with E-state index >= 15 is 0 Å². The van der Waals surface area contributed by atoms with Crippen LogP contribution < -0.4 is 14.5 Å². The van der Waals surface area contributed by atoms with E-state index in [0.717, 1.165) is 20.6 Å². The summed E-state index contributed by atoms with van der Waals surface area (Å²) >= 11 is 3.39. The van der Waals surface area contributed by atoms with Gasteiger partial charge in [0.15, 0.2) is 0 Å². The maximum absolute atomic E-state index is 12.6. The summed E-state index contributed by atoms with van der Waals surface area (Å²) in [5, 5.41) is 4.10. The first-order chi connectivity index (χ1) is 13.1. The van der Waals surface area contributed by atoms with Crippen molar-refractivity contribution in [3.8, 4) is 5.75 Å². The number of carbonyl (C=O) groups is 1. The van der Waals surface area contributed by atoms with Gasteiger partial charge in [0.2, 0.25) is 10.0 Å². The van der Waals surface area contributed by atoms with Crippen molar-refractivity contribution in [1.82, 2.24) is 5.43 Å². The molecule has 0 heterocycles. The van der Waals surface area contributed by atoms with Crippen LogP contribution in [0.3, 0.4) is 0 Å². The second-order valence-corrected chi connectivity index (χ2v) is 8.89. The van der Waals surface area contributed by atoms with Gasteiger partial charge in [-0.2, -0.15) is 5.10 Å². The number of hydrogen-bond donors (Lipinski definition) is 1. The second-order valence-electron chi connectivity index (χ2n) is 6.12. The van der Waals surface area contributed by atoms with Crippen molar-refractivity contribution in [2.24, 2.45) is 5.10 Å². The first kappa shape index (κ1) is 21.9. The molecule has 2 aromatic carbocycles. The van der Waals surface area contributed by atoms with E-state index in [1.807, 2.05) is 24.3 Å². The third-order valence-electron chi connectivity index (χ3n) is 3.99. The lowest BCUT2D eigenvalue weighted by molar-refractivity contribution is -0.121. The number of amides is 1. The maximum Gasteiger partial charge on any atom is 0.263 e. The Balaban J connectivity index is 2.22. The molecule has 1 amide bonds. The monoisotopic (exact) mass is 467 g/mol. The largest absolute Gasteiger partial charge is 0.497 e. The van der Waals surface area contributed by atoms with Gasteiger partial charge in [-0.15, -0.1) is 0 Å². The number of halogens is 1. The lowest BCUT2D eigenvalue weighted by Gasteiger charge is -2.27. The maximum atomic E-state index is 12.6. The molecule has 2 aromatic rings. The summed E-state index contributed by atoms with van der Waals surface area (Å²) < 4.78 is 31.6. The van der Waals surface area contributed by atoms with Crippen LogP contribution in [0.25, 0.3) is 0 Å². The highest BCUT2D eigenvalue weighted by molar-refractivity contribution is 9.10. The van der Waals surface area contributed by atoms with Gasteiger partial charge in [0.1, 0.15) is 11.8 Å². The molecule has 0 aliphatic carbocycles. The zero-order valence-corrected chi connectivity index (χ0v) is 18.4. The van der Waals surface area contributed by atoms with Crippen molar-refractivity contribution < 1.29 is 17.9 Å². The first-order valence-corrected chi connectivity index (χ1v) is 11.0. The predicted octanol–water partition coefficient (Wildman–Crippen LogP) is 3.15. The molecule has 0 spiro atoms. The van der Waals surface area contributed by atoms with Crippen molar-refractivity contribution >= 4 is 43.3 Å². The fourth-order valence-corrected chi connectivity index (χ4v) is 4.12. The van der Waals surface area contributed by atoms with Crippen LogP contribution in [-0.4, -0.2) is 39.4 Å². The number of sulfonamides is 1. The Hall–Kier alpha value is -2.39. The SMILES string of the molecule is COc1ccc(N([C@@H](C)C(=O)N/N=C(/C)c2cccc(Br)c2)S(C)(=O)=O)cc1. The van der Waals surface area contributed by atoms with Gasteiger partial charge in [0, 0.05) is 4.47 Å². The lowest BCUT2D eigenvalue weighted by atomic mass is 10.1. The number of hydrogen-bond acceptors (Lipinski definition) is 5. The molecule has 0 aromatic heterocycles. The molecule has 9 heteroatoms. The molecule has 1 N–H and O–H groups in total. The van der Waals surface area contributed by atoms with E-state index in [1.54, 1.807) is 31.2 Å². The number of methoxy groups -OCH3 is 1. The van der Waals surface area contributed by atoms with Crippen molar-refractivity contribution in [3.05, 3.63) is 58.6 Å². The zero-order valence-electron chi connectivity index (χ0n) is 16.0. The number of anilines is 1. The predicted molar refractivity (Wildman–Crippen MR) is 114 cm³/mol. The van der Waals surface area contributed by atoms with Gasteiger partial charge in [-0.3, -0.25) is 9.10 Å². The summed E-state index contributed by atoms with van der Waals surface area (Å²) in [6, 6.07) is 12.9. The number of rotatable bonds is 7. The topological polar surface area (TPSA) is 88.1 Å². The fraction of sp³-hybridized carbons (Fsp3) is 0.263. The Bertz CT molecular complexity index is 975. The van der Waals surface area contributed by atoms with Gasteiger partial charge >= 0.3 is 0 Å². The molecule has 150 valence electrons. The quantitative estimate of drug-likeness (QED) is 0.500. The van der Waals surface area contributed by atoms with E-state index in [4.69, 9.17) is 4.74 Å². The average molecular weight is 468 g/mol. The van der Waals surface area contributed by atoms with Gasteiger partial charge in [-0.1, -0.05) is 28.1 Å². The number of ether oxygens (including phenoxy) is 1. The summed E-state index contributed by atoms with van der Waals surface area (Å²) in [5.41, 5.74) is 4.23. The van der Waals surface area contributed by atoms with Crippen LogP contribution in [0.2, 0.25) is 0 Å². The van der Waals surface area contributed by atoms with Crippen LogP contribution >= 0.6 is 15.9 Å². The molecule has 1 atom stereocenters. The molecule has 0 aliphatic heterocycles. The molecular formula is C19H22BrN3O4S. The Morgan fingerprint density at radius 3 is 2.39 bits per heavy atom. The van der Waals surface area contributed by atoms with Gasteiger partial charge in [0.05, 0.1) is 24.8 Å². The zero-order chi connectivity index (χ0) is 20.9. The Kier molecular flexibility index (Phi) is 7.20. The highest BCUT2D eigenvalue weighted by atomic mass is 79.9. The van der Waals surface area contributed by atoms with Crippen molar-refractivity contribution in [2.75, 3.05) is 17.7 Å². The molecule has 0 bridgehead atoms. The summed E-state index contributed by atoms with van der Waals surface area (Å²) in [4.78, 5) is 12.6. The van der Waals surface area contributed by atoms with E-state index in [1.165, 1.54) is 14.0 Å². The number of carbonyl (C=O) groups excluding carboxylic acids is 1. The Morgan fingerprint density at radius 1 is 1.21 bits per heavy atom. The highest BCUT2D eigenvalue weighted by Crippen LogP contribution is 2.23. The van der Waals surface area contributed by atoms with Crippen LogP contribution in [0.4, 0.5) is 5.69 Å². The Labute approximate surface area is 173 Å². The molecule has 0 radical (unpaired) electrons. The minimum absolute atomic E-state index is 0.360. The Morgan fingerprint density at radius 2 is 1.86 bits per heavy atom. The van der Waals surface area contributed by atoms with Crippen molar-refractivity contribution in [1.29, 1.82) is 0 Å². The molecule has 0 unspecified atom stereocenters. The first-order valence-electron chi connectivity index (χ1n) is 8.37. The van der Waals surface area contributed by atoms with Crippen LogP contribution in [0.5, 0.6) is 5.75 Å². The summed E-state index contributed by atoms with van der Waals surface area (Å²) in [6.45, 7) is 3.26. The average Bonchev–Trinajstić information content (AvgIpc) is 2.65. The van der Waals surface area contributed by atoms with E-state index in [2.05, 4.69) is 26.5 Å². The van der Waals surface area contributed by atoms with Crippen LogP contribution in [-0.2, 0) is 14.8 Å².